The van der Waals surface area contributed by atoms with Crippen LogP contribution >= 0.6 is 11.6 Å². The van der Waals surface area contributed by atoms with Gasteiger partial charge in [-0.15, -0.1) is 0 Å². The highest BCUT2D eigenvalue weighted by molar-refractivity contribution is 6.66. The SMILES string of the molecule is CC1(C)OB(c2cc3c4c(c2Cl)NCN=C4NC=CO3)OC1(C)C. The second-order valence-corrected chi connectivity index (χ2v) is 7.40. The molecule has 3 aliphatic rings. The number of halogens is 1. The Bertz CT molecular complexity index is 760. The summed E-state index contributed by atoms with van der Waals surface area (Å²) in [7, 11) is -0.558. The Hall–Kier alpha value is -1.70. The van der Waals surface area contributed by atoms with E-state index in [-0.39, 0.29) is 0 Å². The Balaban J connectivity index is 1.84. The maximum atomic E-state index is 6.68. The van der Waals surface area contributed by atoms with Gasteiger partial charge in [0.2, 0.25) is 0 Å². The highest BCUT2D eigenvalue weighted by atomic mass is 35.5. The smallest absolute Gasteiger partial charge is 0.463 e. The normalized spacial score (nSPS) is 22.7. The van der Waals surface area contributed by atoms with Crippen LogP contribution < -0.4 is 20.8 Å². The van der Waals surface area contributed by atoms with Crippen molar-refractivity contribution in [3.05, 3.63) is 29.1 Å². The second-order valence-electron chi connectivity index (χ2n) is 7.02. The van der Waals surface area contributed by atoms with Gasteiger partial charge in [-0.25, -0.2) is 4.99 Å². The van der Waals surface area contributed by atoms with Gasteiger partial charge in [-0.2, -0.15) is 0 Å². The van der Waals surface area contributed by atoms with Gasteiger partial charge in [-0.1, -0.05) is 11.6 Å². The lowest BCUT2D eigenvalue weighted by Crippen LogP contribution is -2.41. The monoisotopic (exact) mass is 347 g/mol. The van der Waals surface area contributed by atoms with Crippen molar-refractivity contribution in [3.63, 3.8) is 0 Å². The van der Waals surface area contributed by atoms with Crippen LogP contribution in [0.2, 0.25) is 5.02 Å². The summed E-state index contributed by atoms with van der Waals surface area (Å²) >= 11 is 6.68. The summed E-state index contributed by atoms with van der Waals surface area (Å²) in [5.74, 6) is 1.39. The molecule has 3 heterocycles. The molecule has 1 saturated heterocycles. The maximum Gasteiger partial charge on any atom is 0.496 e. The molecule has 0 aliphatic carbocycles. The molecule has 1 aromatic carbocycles. The van der Waals surface area contributed by atoms with Crippen LogP contribution in [0.25, 0.3) is 0 Å². The van der Waals surface area contributed by atoms with Crippen molar-refractivity contribution in [1.29, 1.82) is 0 Å². The molecule has 126 valence electrons. The Morgan fingerprint density at radius 2 is 1.92 bits per heavy atom. The molecule has 0 spiro atoms. The summed E-state index contributed by atoms with van der Waals surface area (Å²) in [6, 6.07) is 1.86. The fraction of sp³-hybridized carbons (Fsp3) is 0.438. The van der Waals surface area contributed by atoms with E-state index in [0.29, 0.717) is 17.4 Å². The zero-order valence-electron chi connectivity index (χ0n) is 14.1. The van der Waals surface area contributed by atoms with E-state index < -0.39 is 18.3 Å². The molecular weight excluding hydrogens is 328 g/mol. The van der Waals surface area contributed by atoms with Crippen LogP contribution in [-0.4, -0.2) is 30.8 Å². The number of hydrogen-bond donors (Lipinski definition) is 2. The number of nitrogens with zero attached hydrogens (tertiary/aromatic N) is 1. The van der Waals surface area contributed by atoms with E-state index in [9.17, 15) is 0 Å². The summed E-state index contributed by atoms with van der Waals surface area (Å²) in [5.41, 5.74) is 1.46. The number of ether oxygens (including phenoxy) is 1. The zero-order chi connectivity index (χ0) is 17.1. The standard InChI is InChI=1S/C16H19BClN3O3/c1-15(2)16(3,4)24-17(23-15)9-7-10-11-13(12(9)18)20-8-21-14(11)19-5-6-22-10/h5-7,20H,8H2,1-4H3,(H,19,21). The van der Waals surface area contributed by atoms with Gasteiger partial charge in [-0.05, 0) is 33.8 Å². The average Bonchev–Trinajstić information content (AvgIpc) is 2.66. The van der Waals surface area contributed by atoms with Gasteiger partial charge in [0.15, 0.2) is 0 Å². The molecular formula is C16H19BClN3O3. The molecule has 4 rings (SSSR count). The van der Waals surface area contributed by atoms with E-state index in [1.54, 1.807) is 12.5 Å². The highest BCUT2D eigenvalue weighted by Gasteiger charge is 2.52. The predicted molar refractivity (Wildman–Crippen MR) is 95.1 cm³/mol. The van der Waals surface area contributed by atoms with Gasteiger partial charge in [0, 0.05) is 11.7 Å². The summed E-state index contributed by atoms with van der Waals surface area (Å²) in [6.07, 6.45) is 3.29. The Labute approximate surface area is 146 Å². The molecule has 1 aromatic rings. The van der Waals surface area contributed by atoms with Gasteiger partial charge in [-0.3, -0.25) is 0 Å². The van der Waals surface area contributed by atoms with Crippen molar-refractivity contribution in [2.75, 3.05) is 12.0 Å². The van der Waals surface area contributed by atoms with Crippen molar-refractivity contribution in [1.82, 2.24) is 5.32 Å². The molecule has 0 atom stereocenters. The van der Waals surface area contributed by atoms with E-state index in [4.69, 9.17) is 25.6 Å². The molecule has 0 bridgehead atoms. The Morgan fingerprint density at radius 3 is 2.62 bits per heavy atom. The molecule has 0 amide bonds. The van der Waals surface area contributed by atoms with Gasteiger partial charge in [0.1, 0.15) is 24.5 Å². The van der Waals surface area contributed by atoms with Crippen LogP contribution in [0, 0.1) is 0 Å². The first-order valence-electron chi connectivity index (χ1n) is 7.89. The lowest BCUT2D eigenvalue weighted by atomic mass is 9.77. The van der Waals surface area contributed by atoms with Crippen molar-refractivity contribution < 1.29 is 14.0 Å². The van der Waals surface area contributed by atoms with Crippen LogP contribution in [-0.2, 0) is 9.31 Å². The van der Waals surface area contributed by atoms with Gasteiger partial charge < -0.3 is 24.7 Å². The minimum absolute atomic E-state index is 0.437. The number of rotatable bonds is 1. The summed E-state index contributed by atoms with van der Waals surface area (Å²) in [5, 5.41) is 6.89. The van der Waals surface area contributed by atoms with Gasteiger partial charge in [0.05, 0.1) is 27.5 Å². The first-order valence-corrected chi connectivity index (χ1v) is 8.27. The molecule has 0 aromatic heterocycles. The van der Waals surface area contributed by atoms with E-state index in [1.165, 1.54) is 0 Å². The molecule has 3 aliphatic heterocycles. The van der Waals surface area contributed by atoms with Crippen molar-refractivity contribution >= 4 is 35.7 Å². The van der Waals surface area contributed by atoms with Gasteiger partial charge in [0.25, 0.3) is 0 Å². The second kappa shape index (κ2) is 5.15. The molecule has 2 N–H and O–H groups in total. The van der Waals surface area contributed by atoms with Crippen molar-refractivity contribution in [2.24, 2.45) is 4.99 Å². The quantitative estimate of drug-likeness (QED) is 0.763. The summed E-state index contributed by atoms with van der Waals surface area (Å²) in [6.45, 7) is 8.50. The fourth-order valence-corrected chi connectivity index (χ4v) is 3.21. The number of hydrogen-bond acceptors (Lipinski definition) is 6. The van der Waals surface area contributed by atoms with Crippen LogP contribution in [0.4, 0.5) is 5.69 Å². The molecule has 0 unspecified atom stereocenters. The Morgan fingerprint density at radius 1 is 1.21 bits per heavy atom. The number of anilines is 1. The van der Waals surface area contributed by atoms with E-state index in [1.807, 2.05) is 33.8 Å². The Kier molecular flexibility index (Phi) is 3.39. The molecule has 24 heavy (non-hydrogen) atoms. The van der Waals surface area contributed by atoms with Crippen LogP contribution in [0.15, 0.2) is 23.5 Å². The van der Waals surface area contributed by atoms with E-state index in [2.05, 4.69) is 15.6 Å². The highest BCUT2D eigenvalue weighted by Crippen LogP contribution is 2.40. The van der Waals surface area contributed by atoms with Crippen molar-refractivity contribution in [2.45, 2.75) is 38.9 Å². The minimum Gasteiger partial charge on any atom is -0.463 e. The lowest BCUT2D eigenvalue weighted by molar-refractivity contribution is 0.00578. The molecule has 0 saturated carbocycles. The minimum atomic E-state index is -0.558. The molecule has 0 radical (unpaired) electrons. The van der Waals surface area contributed by atoms with Crippen LogP contribution in [0.5, 0.6) is 5.75 Å². The lowest BCUT2D eigenvalue weighted by Gasteiger charge is -2.32. The third-order valence-electron chi connectivity index (χ3n) is 4.98. The number of benzene rings is 1. The summed E-state index contributed by atoms with van der Waals surface area (Å²) in [4.78, 5) is 4.42. The van der Waals surface area contributed by atoms with E-state index in [0.717, 1.165) is 22.5 Å². The third-order valence-corrected chi connectivity index (χ3v) is 5.38. The number of aliphatic imine (C=N–C) groups is 1. The maximum absolute atomic E-state index is 6.68. The van der Waals surface area contributed by atoms with E-state index >= 15 is 0 Å². The van der Waals surface area contributed by atoms with Gasteiger partial charge >= 0.3 is 7.12 Å². The molecule has 6 nitrogen and oxygen atoms in total. The largest absolute Gasteiger partial charge is 0.496 e. The first-order chi connectivity index (χ1) is 11.3. The molecule has 1 fully saturated rings. The number of amidine groups is 1. The number of nitrogens with one attached hydrogen (secondary N) is 2. The third kappa shape index (κ3) is 2.23. The van der Waals surface area contributed by atoms with Crippen LogP contribution in [0.3, 0.4) is 0 Å². The average molecular weight is 348 g/mol. The molecule has 8 heteroatoms. The summed E-state index contributed by atoms with van der Waals surface area (Å²) < 4.78 is 18.0. The predicted octanol–water partition coefficient (Wildman–Crippen LogP) is 2.22. The first kappa shape index (κ1) is 15.8. The van der Waals surface area contributed by atoms with Crippen molar-refractivity contribution in [3.8, 4) is 5.75 Å². The van der Waals surface area contributed by atoms with Crippen LogP contribution in [0.1, 0.15) is 33.3 Å². The zero-order valence-corrected chi connectivity index (χ0v) is 14.8. The fourth-order valence-electron chi connectivity index (χ4n) is 2.90. The topological polar surface area (TPSA) is 64.1 Å².